The smallest absolute Gasteiger partial charge is 0.0483 e. The number of likely N-dealkylation sites (tertiary alicyclic amines) is 2. The van der Waals surface area contributed by atoms with Gasteiger partial charge in [0.05, 0.1) is 0 Å². The molecule has 0 saturated carbocycles. The van der Waals surface area contributed by atoms with E-state index in [1.165, 1.54) is 58.3 Å². The van der Waals surface area contributed by atoms with Gasteiger partial charge < -0.3 is 5.32 Å². The zero-order valence-electron chi connectivity index (χ0n) is 11.6. The second kappa shape index (κ2) is 6.72. The molecule has 3 nitrogen and oxygen atoms in total. The molecule has 2 heterocycles. The first-order valence-electron chi connectivity index (χ1n) is 7.54. The maximum atomic E-state index is 3.68. The van der Waals surface area contributed by atoms with Gasteiger partial charge in [-0.25, -0.2) is 0 Å². The van der Waals surface area contributed by atoms with Gasteiger partial charge in [-0.15, -0.1) is 0 Å². The standard InChI is InChI=1S/C14H29N3/c1-3-13-7-5-10-17(13)12-15-11-14-8-6-9-16(14)4-2/h13-15H,3-12H2,1-2H3. The van der Waals surface area contributed by atoms with Crippen molar-refractivity contribution in [1.82, 2.24) is 15.1 Å². The fourth-order valence-electron chi connectivity index (χ4n) is 3.48. The minimum Gasteiger partial charge on any atom is -0.303 e. The zero-order valence-corrected chi connectivity index (χ0v) is 11.6. The third kappa shape index (κ3) is 3.43. The fraction of sp³-hybridized carbons (Fsp3) is 1.00. The summed E-state index contributed by atoms with van der Waals surface area (Å²) in [5.74, 6) is 0. The summed E-state index contributed by atoms with van der Waals surface area (Å²) >= 11 is 0. The molecule has 0 spiro atoms. The van der Waals surface area contributed by atoms with Gasteiger partial charge in [-0.3, -0.25) is 9.80 Å². The SMILES string of the molecule is CCC1CCCN1CNCC1CCCN1CC. The topological polar surface area (TPSA) is 18.5 Å². The average Bonchev–Trinajstić information content (AvgIpc) is 2.97. The number of rotatable bonds is 6. The first-order chi connectivity index (χ1) is 8.35. The van der Waals surface area contributed by atoms with E-state index in [-0.39, 0.29) is 0 Å². The first-order valence-corrected chi connectivity index (χ1v) is 7.54. The van der Waals surface area contributed by atoms with Crippen molar-refractivity contribution in [2.24, 2.45) is 0 Å². The zero-order chi connectivity index (χ0) is 12.1. The van der Waals surface area contributed by atoms with Crippen LogP contribution in [0.3, 0.4) is 0 Å². The van der Waals surface area contributed by atoms with Crippen LogP contribution in [-0.4, -0.2) is 54.7 Å². The van der Waals surface area contributed by atoms with Crippen LogP contribution in [0.4, 0.5) is 0 Å². The van der Waals surface area contributed by atoms with E-state index in [0.29, 0.717) is 0 Å². The third-order valence-corrected chi connectivity index (χ3v) is 4.57. The van der Waals surface area contributed by atoms with Crippen LogP contribution in [0.5, 0.6) is 0 Å². The first kappa shape index (κ1) is 13.3. The van der Waals surface area contributed by atoms with E-state index < -0.39 is 0 Å². The maximum absolute atomic E-state index is 3.68. The molecular formula is C14H29N3. The Balaban J connectivity index is 1.65. The highest BCUT2D eigenvalue weighted by atomic mass is 15.3. The van der Waals surface area contributed by atoms with E-state index >= 15 is 0 Å². The van der Waals surface area contributed by atoms with E-state index in [2.05, 4.69) is 29.0 Å². The molecule has 2 atom stereocenters. The van der Waals surface area contributed by atoms with Crippen LogP contribution in [0.2, 0.25) is 0 Å². The summed E-state index contributed by atoms with van der Waals surface area (Å²) in [6.45, 7) is 10.7. The Morgan fingerprint density at radius 1 is 1.00 bits per heavy atom. The normalized spacial score (nSPS) is 31.4. The van der Waals surface area contributed by atoms with Gasteiger partial charge in [-0.2, -0.15) is 0 Å². The lowest BCUT2D eigenvalue weighted by Crippen LogP contribution is -2.43. The van der Waals surface area contributed by atoms with Gasteiger partial charge in [0.25, 0.3) is 0 Å². The lowest BCUT2D eigenvalue weighted by atomic mass is 10.2. The molecule has 2 rings (SSSR count). The van der Waals surface area contributed by atoms with Crippen LogP contribution >= 0.6 is 0 Å². The Morgan fingerprint density at radius 2 is 1.71 bits per heavy atom. The van der Waals surface area contributed by atoms with Crippen LogP contribution in [0.25, 0.3) is 0 Å². The van der Waals surface area contributed by atoms with E-state index in [1.807, 2.05) is 0 Å². The van der Waals surface area contributed by atoms with Crippen molar-refractivity contribution in [2.45, 2.75) is 58.0 Å². The van der Waals surface area contributed by atoms with Gasteiger partial charge in [-0.1, -0.05) is 13.8 Å². The monoisotopic (exact) mass is 239 g/mol. The lowest BCUT2D eigenvalue weighted by molar-refractivity contribution is 0.206. The average molecular weight is 239 g/mol. The Labute approximate surface area is 107 Å². The molecule has 0 aromatic heterocycles. The molecule has 2 unspecified atom stereocenters. The van der Waals surface area contributed by atoms with E-state index in [0.717, 1.165) is 18.8 Å². The van der Waals surface area contributed by atoms with E-state index in [1.54, 1.807) is 0 Å². The van der Waals surface area contributed by atoms with Gasteiger partial charge in [0, 0.05) is 25.3 Å². The maximum Gasteiger partial charge on any atom is 0.0483 e. The van der Waals surface area contributed by atoms with Crippen LogP contribution < -0.4 is 5.32 Å². The Kier molecular flexibility index (Phi) is 5.26. The van der Waals surface area contributed by atoms with Crippen LogP contribution in [0, 0.1) is 0 Å². The second-order valence-corrected chi connectivity index (χ2v) is 5.55. The minimum atomic E-state index is 0.794. The number of hydrogen-bond acceptors (Lipinski definition) is 3. The largest absolute Gasteiger partial charge is 0.303 e. The summed E-state index contributed by atoms with van der Waals surface area (Å²) in [4.78, 5) is 5.25. The van der Waals surface area contributed by atoms with Crippen molar-refractivity contribution in [1.29, 1.82) is 0 Å². The molecule has 2 aliphatic heterocycles. The number of likely N-dealkylation sites (N-methyl/N-ethyl adjacent to an activating group) is 1. The van der Waals surface area contributed by atoms with Crippen molar-refractivity contribution >= 4 is 0 Å². The predicted molar refractivity (Wildman–Crippen MR) is 73.2 cm³/mol. The molecule has 2 fully saturated rings. The quantitative estimate of drug-likeness (QED) is 0.763. The summed E-state index contributed by atoms with van der Waals surface area (Å²) in [7, 11) is 0. The number of nitrogens with one attached hydrogen (secondary N) is 1. The number of nitrogens with zero attached hydrogens (tertiary/aromatic N) is 2. The van der Waals surface area contributed by atoms with Crippen molar-refractivity contribution in [3.8, 4) is 0 Å². The van der Waals surface area contributed by atoms with Gasteiger partial charge in [-0.05, 0) is 51.7 Å². The van der Waals surface area contributed by atoms with Crippen molar-refractivity contribution in [2.75, 3.05) is 32.8 Å². The van der Waals surface area contributed by atoms with Crippen molar-refractivity contribution in [3.05, 3.63) is 0 Å². The summed E-state index contributed by atoms with van der Waals surface area (Å²) in [6.07, 6.45) is 6.89. The van der Waals surface area contributed by atoms with Crippen LogP contribution in [0.15, 0.2) is 0 Å². The highest BCUT2D eigenvalue weighted by Crippen LogP contribution is 2.19. The summed E-state index contributed by atoms with van der Waals surface area (Å²) in [5.41, 5.74) is 0. The molecule has 0 aliphatic carbocycles. The summed E-state index contributed by atoms with van der Waals surface area (Å²) in [6, 6.07) is 1.64. The number of hydrogen-bond donors (Lipinski definition) is 1. The molecule has 0 aromatic carbocycles. The van der Waals surface area contributed by atoms with Gasteiger partial charge in [0.1, 0.15) is 0 Å². The van der Waals surface area contributed by atoms with Gasteiger partial charge in [0.15, 0.2) is 0 Å². The molecule has 0 bridgehead atoms. The Hall–Kier alpha value is -0.120. The van der Waals surface area contributed by atoms with Gasteiger partial charge in [0.2, 0.25) is 0 Å². The van der Waals surface area contributed by atoms with Gasteiger partial charge >= 0.3 is 0 Å². The summed E-state index contributed by atoms with van der Waals surface area (Å²) in [5, 5.41) is 3.68. The minimum absolute atomic E-state index is 0.794. The molecule has 0 aromatic rings. The van der Waals surface area contributed by atoms with E-state index in [9.17, 15) is 0 Å². The molecule has 100 valence electrons. The molecule has 2 saturated heterocycles. The molecular weight excluding hydrogens is 210 g/mol. The Bertz CT molecular complexity index is 198. The molecule has 0 radical (unpaired) electrons. The van der Waals surface area contributed by atoms with Crippen molar-refractivity contribution in [3.63, 3.8) is 0 Å². The molecule has 1 N–H and O–H groups in total. The Morgan fingerprint density at radius 3 is 2.41 bits per heavy atom. The van der Waals surface area contributed by atoms with Crippen molar-refractivity contribution < 1.29 is 0 Å². The van der Waals surface area contributed by atoms with Crippen LogP contribution in [-0.2, 0) is 0 Å². The molecule has 0 amide bonds. The van der Waals surface area contributed by atoms with Crippen LogP contribution in [0.1, 0.15) is 46.0 Å². The second-order valence-electron chi connectivity index (χ2n) is 5.55. The predicted octanol–water partition coefficient (Wildman–Crippen LogP) is 1.89. The molecule has 2 aliphatic rings. The summed E-state index contributed by atoms with van der Waals surface area (Å²) < 4.78 is 0. The lowest BCUT2D eigenvalue weighted by Gasteiger charge is -2.27. The highest BCUT2D eigenvalue weighted by Gasteiger charge is 2.24. The highest BCUT2D eigenvalue weighted by molar-refractivity contribution is 4.81. The van der Waals surface area contributed by atoms with E-state index in [4.69, 9.17) is 0 Å². The fourth-order valence-corrected chi connectivity index (χ4v) is 3.48. The third-order valence-electron chi connectivity index (χ3n) is 4.57. The molecule has 17 heavy (non-hydrogen) atoms. The molecule has 3 heteroatoms.